The minimum Gasteiger partial charge on any atom is -0.480 e. The zero-order valence-corrected chi connectivity index (χ0v) is 21.8. The molecule has 2 aliphatic rings. The molecule has 3 amide bonds. The lowest BCUT2D eigenvalue weighted by Gasteiger charge is -2.29. The minimum atomic E-state index is -1.41. The van der Waals surface area contributed by atoms with Crippen LogP contribution in [0.15, 0.2) is 78.9 Å². The zero-order valence-electron chi connectivity index (χ0n) is 21.8. The molecule has 206 valence electrons. The number of nitrogens with zero attached hydrogens (tertiary/aromatic N) is 1. The summed E-state index contributed by atoms with van der Waals surface area (Å²) in [7, 11) is 0. The molecule has 1 aliphatic carbocycles. The van der Waals surface area contributed by atoms with Crippen molar-refractivity contribution in [1.82, 2.24) is 15.8 Å². The van der Waals surface area contributed by atoms with Gasteiger partial charge in [-0.25, -0.2) is 14.6 Å². The van der Waals surface area contributed by atoms with Crippen molar-refractivity contribution in [1.29, 1.82) is 0 Å². The Morgan fingerprint density at radius 3 is 2.20 bits per heavy atom. The van der Waals surface area contributed by atoms with Gasteiger partial charge in [0.1, 0.15) is 12.6 Å². The number of carboxylic acid groups (broad SMARTS) is 1. The summed E-state index contributed by atoms with van der Waals surface area (Å²) in [6, 6.07) is 22.3. The highest BCUT2D eigenvalue weighted by Crippen LogP contribution is 2.44. The van der Waals surface area contributed by atoms with E-state index in [-0.39, 0.29) is 19.1 Å². The van der Waals surface area contributed by atoms with E-state index in [1.165, 1.54) is 0 Å². The van der Waals surface area contributed by atoms with Crippen molar-refractivity contribution >= 4 is 23.9 Å². The van der Waals surface area contributed by atoms with Gasteiger partial charge in [0.2, 0.25) is 5.91 Å². The molecular formula is C30H29N3O7. The van der Waals surface area contributed by atoms with Gasteiger partial charge in [0.25, 0.3) is 5.91 Å². The number of carboxylic acids is 1. The van der Waals surface area contributed by atoms with Gasteiger partial charge in [-0.1, -0.05) is 78.9 Å². The van der Waals surface area contributed by atoms with Crippen LogP contribution in [0.2, 0.25) is 0 Å². The number of hydrogen-bond donors (Lipinski definition) is 3. The van der Waals surface area contributed by atoms with E-state index in [9.17, 15) is 24.3 Å². The predicted octanol–water partition coefficient (Wildman–Crippen LogP) is 3.22. The molecule has 3 atom stereocenters. The third kappa shape index (κ3) is 5.52. The van der Waals surface area contributed by atoms with Gasteiger partial charge in [0.15, 0.2) is 6.04 Å². The number of fused-ring (bicyclic) bond motifs is 3. The van der Waals surface area contributed by atoms with Crippen LogP contribution in [0, 0.1) is 0 Å². The van der Waals surface area contributed by atoms with Crippen LogP contribution in [0.4, 0.5) is 4.79 Å². The van der Waals surface area contributed by atoms with Crippen molar-refractivity contribution in [2.75, 3.05) is 6.61 Å². The molecule has 1 unspecified atom stereocenters. The second-order valence-corrected chi connectivity index (χ2v) is 9.75. The summed E-state index contributed by atoms with van der Waals surface area (Å²) in [6.07, 6.45) is -2.15. The summed E-state index contributed by atoms with van der Waals surface area (Å²) in [5.74, 6) is -2.97. The van der Waals surface area contributed by atoms with Gasteiger partial charge in [-0.05, 0) is 34.7 Å². The van der Waals surface area contributed by atoms with Crippen LogP contribution in [0.25, 0.3) is 11.1 Å². The van der Waals surface area contributed by atoms with Crippen molar-refractivity contribution in [3.63, 3.8) is 0 Å². The van der Waals surface area contributed by atoms with E-state index in [0.29, 0.717) is 0 Å². The van der Waals surface area contributed by atoms with E-state index in [2.05, 4.69) is 10.7 Å². The number of carbonyl (C=O) groups is 4. The van der Waals surface area contributed by atoms with Crippen LogP contribution in [0.3, 0.4) is 0 Å². The molecule has 40 heavy (non-hydrogen) atoms. The molecule has 0 aromatic heterocycles. The fourth-order valence-electron chi connectivity index (χ4n) is 5.13. The summed E-state index contributed by atoms with van der Waals surface area (Å²) in [6.45, 7) is 1.76. The van der Waals surface area contributed by atoms with Crippen LogP contribution in [0.5, 0.6) is 0 Å². The normalized spacial score (nSPS) is 17.4. The molecule has 5 rings (SSSR count). The third-order valence-corrected chi connectivity index (χ3v) is 7.17. The Morgan fingerprint density at radius 1 is 0.975 bits per heavy atom. The summed E-state index contributed by atoms with van der Waals surface area (Å²) in [5.41, 5.74) is 7.35. The number of ether oxygens (including phenoxy) is 2. The first-order valence-corrected chi connectivity index (χ1v) is 13.0. The molecule has 10 heteroatoms. The molecule has 0 spiro atoms. The fourth-order valence-corrected chi connectivity index (χ4v) is 5.13. The number of hydrogen-bond acceptors (Lipinski definition) is 6. The number of hydrazine groups is 1. The van der Waals surface area contributed by atoms with Gasteiger partial charge in [-0.3, -0.25) is 15.0 Å². The fraction of sp³-hybridized carbons (Fsp3) is 0.267. The van der Waals surface area contributed by atoms with Crippen molar-refractivity contribution in [2.24, 2.45) is 0 Å². The smallest absolute Gasteiger partial charge is 0.407 e. The van der Waals surface area contributed by atoms with Crippen molar-refractivity contribution in [3.05, 3.63) is 95.6 Å². The molecule has 0 bridgehead atoms. The van der Waals surface area contributed by atoms with Crippen LogP contribution >= 0.6 is 0 Å². The topological polar surface area (TPSA) is 134 Å². The van der Waals surface area contributed by atoms with E-state index in [1.807, 2.05) is 78.9 Å². The van der Waals surface area contributed by atoms with E-state index < -0.39 is 48.5 Å². The van der Waals surface area contributed by atoms with Crippen molar-refractivity contribution in [3.8, 4) is 11.1 Å². The second kappa shape index (κ2) is 11.6. The number of rotatable bonds is 9. The number of aliphatic carboxylic acids is 1. The number of nitrogens with one attached hydrogen (secondary N) is 2. The lowest BCUT2D eigenvalue weighted by molar-refractivity contribution is -0.153. The molecule has 3 N–H and O–H groups in total. The standard InChI is InChI=1S/C30H29N3O7/c1-18(39-16-19-9-3-2-4-10-19)27(28(35)33-25(29(36)37)15-26(34)32-33)31-30(38)40-17-24-22-13-7-5-11-20(22)21-12-6-8-14-23(21)24/h2-14,18,24-25,27H,15-17H2,1H3,(H,31,38)(H,32,34)(H,36,37)/t18-,25?,27+/m0/s1. The molecule has 1 aliphatic heterocycles. The maximum Gasteiger partial charge on any atom is 0.407 e. The first kappa shape index (κ1) is 26.9. The Labute approximate surface area is 230 Å². The molecular weight excluding hydrogens is 514 g/mol. The quantitative estimate of drug-likeness (QED) is 0.377. The zero-order chi connectivity index (χ0) is 28.2. The Balaban J connectivity index is 1.31. The average molecular weight is 544 g/mol. The SMILES string of the molecule is C[C@H](OCc1ccccc1)[C@@H](NC(=O)OCC1c2ccccc2-c2ccccc21)C(=O)N1NC(=O)CC1C(=O)O. The highest BCUT2D eigenvalue weighted by Gasteiger charge is 2.43. The Hall–Kier alpha value is -4.70. The van der Waals surface area contributed by atoms with Gasteiger partial charge in [0.05, 0.1) is 19.1 Å². The maximum atomic E-state index is 13.5. The van der Waals surface area contributed by atoms with E-state index in [1.54, 1.807) is 6.92 Å². The number of carbonyl (C=O) groups excluding carboxylic acids is 3. The lowest BCUT2D eigenvalue weighted by Crippen LogP contribution is -2.59. The third-order valence-electron chi connectivity index (χ3n) is 7.17. The summed E-state index contributed by atoms with van der Waals surface area (Å²) >= 11 is 0. The van der Waals surface area contributed by atoms with Crippen LogP contribution in [-0.4, -0.2) is 58.8 Å². The van der Waals surface area contributed by atoms with E-state index in [0.717, 1.165) is 32.8 Å². The van der Waals surface area contributed by atoms with E-state index >= 15 is 0 Å². The molecule has 1 fully saturated rings. The number of amides is 3. The Morgan fingerprint density at radius 2 is 1.57 bits per heavy atom. The highest BCUT2D eigenvalue weighted by molar-refractivity contribution is 5.96. The number of benzene rings is 3. The van der Waals surface area contributed by atoms with Crippen LogP contribution < -0.4 is 10.7 Å². The van der Waals surface area contributed by atoms with Crippen LogP contribution in [0.1, 0.15) is 36.0 Å². The largest absolute Gasteiger partial charge is 0.480 e. The number of alkyl carbamates (subject to hydrolysis) is 1. The molecule has 10 nitrogen and oxygen atoms in total. The molecule has 3 aromatic carbocycles. The van der Waals surface area contributed by atoms with Gasteiger partial charge in [-0.15, -0.1) is 0 Å². The summed E-state index contributed by atoms with van der Waals surface area (Å²) in [4.78, 5) is 50.2. The maximum absolute atomic E-state index is 13.5. The van der Waals surface area contributed by atoms with Gasteiger partial charge < -0.3 is 19.9 Å². The molecule has 3 aromatic rings. The highest BCUT2D eigenvalue weighted by atomic mass is 16.5. The molecule has 0 radical (unpaired) electrons. The Bertz CT molecular complexity index is 1380. The van der Waals surface area contributed by atoms with Gasteiger partial charge >= 0.3 is 12.1 Å². The minimum absolute atomic E-state index is 0.0260. The van der Waals surface area contributed by atoms with Crippen molar-refractivity contribution in [2.45, 2.75) is 44.1 Å². The predicted molar refractivity (Wildman–Crippen MR) is 144 cm³/mol. The van der Waals surface area contributed by atoms with Crippen LogP contribution in [-0.2, 0) is 30.5 Å². The van der Waals surface area contributed by atoms with Gasteiger partial charge in [-0.2, -0.15) is 0 Å². The molecule has 1 saturated heterocycles. The molecule has 0 saturated carbocycles. The van der Waals surface area contributed by atoms with E-state index in [4.69, 9.17) is 9.47 Å². The summed E-state index contributed by atoms with van der Waals surface area (Å²) in [5, 5.41) is 12.8. The lowest BCUT2D eigenvalue weighted by atomic mass is 9.98. The van der Waals surface area contributed by atoms with Gasteiger partial charge in [0, 0.05) is 5.92 Å². The Kier molecular flexibility index (Phi) is 7.79. The first-order chi connectivity index (χ1) is 19.3. The molecule has 1 heterocycles. The van der Waals surface area contributed by atoms with Crippen molar-refractivity contribution < 1.29 is 33.8 Å². The second-order valence-electron chi connectivity index (χ2n) is 9.75. The average Bonchev–Trinajstić information content (AvgIpc) is 3.52. The summed E-state index contributed by atoms with van der Waals surface area (Å²) < 4.78 is 11.5. The first-order valence-electron chi connectivity index (χ1n) is 13.0. The monoisotopic (exact) mass is 543 g/mol.